The second kappa shape index (κ2) is 8.94. The molecule has 7 heteroatoms. The minimum Gasteiger partial charge on any atom is -0.465 e. The third-order valence-corrected chi connectivity index (χ3v) is 4.22. The first kappa shape index (κ1) is 19.3. The Balaban J connectivity index is 1.77. The number of carbonyl (C=O) groups excluding carboxylic acids is 1. The van der Waals surface area contributed by atoms with Gasteiger partial charge in [0.15, 0.2) is 5.82 Å². The lowest BCUT2D eigenvalue weighted by Gasteiger charge is -2.27. The first-order valence-corrected chi connectivity index (χ1v) is 9.02. The fourth-order valence-corrected chi connectivity index (χ4v) is 2.73. The van der Waals surface area contributed by atoms with E-state index in [2.05, 4.69) is 51.4 Å². The second-order valence-corrected chi connectivity index (χ2v) is 6.54. The minimum absolute atomic E-state index is 0.240. The van der Waals surface area contributed by atoms with Gasteiger partial charge in [-0.1, -0.05) is 30.3 Å². The van der Waals surface area contributed by atoms with E-state index in [0.29, 0.717) is 11.5 Å². The predicted octanol–water partition coefficient (Wildman–Crippen LogP) is 3.82. The number of esters is 1. The van der Waals surface area contributed by atoms with Gasteiger partial charge in [0.05, 0.1) is 18.9 Å². The lowest BCUT2D eigenvalue weighted by atomic mass is 10.2. The number of ether oxygens (including phenoxy) is 1. The van der Waals surface area contributed by atoms with E-state index in [1.54, 1.807) is 30.5 Å². The van der Waals surface area contributed by atoms with Crippen LogP contribution in [0, 0.1) is 0 Å². The number of benzene rings is 2. The summed E-state index contributed by atoms with van der Waals surface area (Å²) in [5, 5.41) is 11.3. The molecule has 0 aliphatic rings. The zero-order valence-corrected chi connectivity index (χ0v) is 16.2. The third kappa shape index (κ3) is 4.82. The molecule has 0 radical (unpaired) electrons. The molecule has 1 heterocycles. The number of hydrogen-bond donors (Lipinski definition) is 1. The van der Waals surface area contributed by atoms with Crippen molar-refractivity contribution in [2.45, 2.75) is 26.4 Å². The minimum atomic E-state index is -0.375. The topological polar surface area (TPSA) is 80.2 Å². The van der Waals surface area contributed by atoms with Crippen LogP contribution in [0.5, 0.6) is 0 Å². The van der Waals surface area contributed by atoms with Gasteiger partial charge in [-0.2, -0.15) is 10.1 Å². The van der Waals surface area contributed by atoms with Crippen LogP contribution in [0.2, 0.25) is 0 Å². The Morgan fingerprint density at radius 3 is 2.46 bits per heavy atom. The van der Waals surface area contributed by atoms with Crippen LogP contribution in [0.4, 0.5) is 17.5 Å². The van der Waals surface area contributed by atoms with Crippen molar-refractivity contribution < 1.29 is 9.53 Å². The molecular weight excluding hydrogens is 354 g/mol. The average Bonchev–Trinajstić information content (AvgIpc) is 2.73. The summed E-state index contributed by atoms with van der Waals surface area (Å²) in [5.74, 6) is 0.754. The molecular formula is C21H23N5O2. The van der Waals surface area contributed by atoms with Gasteiger partial charge < -0.3 is 15.0 Å². The van der Waals surface area contributed by atoms with E-state index in [4.69, 9.17) is 4.74 Å². The number of methoxy groups -OCH3 is 1. The van der Waals surface area contributed by atoms with Crippen molar-refractivity contribution >= 4 is 23.4 Å². The van der Waals surface area contributed by atoms with Crippen molar-refractivity contribution in [1.82, 2.24) is 15.2 Å². The molecule has 0 aliphatic heterocycles. The Kier molecular flexibility index (Phi) is 6.16. The van der Waals surface area contributed by atoms with Crippen LogP contribution in [-0.4, -0.2) is 34.3 Å². The van der Waals surface area contributed by atoms with Crippen molar-refractivity contribution in [3.63, 3.8) is 0 Å². The molecule has 0 saturated carbocycles. The molecule has 28 heavy (non-hydrogen) atoms. The molecule has 3 aromatic rings. The smallest absolute Gasteiger partial charge is 0.337 e. The summed E-state index contributed by atoms with van der Waals surface area (Å²) < 4.78 is 4.71. The molecule has 1 aromatic heterocycles. The highest BCUT2D eigenvalue weighted by atomic mass is 16.5. The van der Waals surface area contributed by atoms with Crippen LogP contribution in [0.25, 0.3) is 0 Å². The van der Waals surface area contributed by atoms with Gasteiger partial charge in [-0.3, -0.25) is 0 Å². The normalized spacial score (nSPS) is 10.6. The van der Waals surface area contributed by atoms with Gasteiger partial charge in [0, 0.05) is 18.3 Å². The van der Waals surface area contributed by atoms with Gasteiger partial charge in [-0.05, 0) is 43.7 Å². The quantitative estimate of drug-likeness (QED) is 0.627. The van der Waals surface area contributed by atoms with E-state index < -0.39 is 0 Å². The summed E-state index contributed by atoms with van der Waals surface area (Å²) in [7, 11) is 1.36. The molecule has 1 N–H and O–H groups in total. The Morgan fingerprint density at radius 1 is 1.11 bits per heavy atom. The summed E-state index contributed by atoms with van der Waals surface area (Å²) in [6, 6.07) is 17.4. The van der Waals surface area contributed by atoms with Crippen LogP contribution in [0.3, 0.4) is 0 Å². The first-order chi connectivity index (χ1) is 13.6. The van der Waals surface area contributed by atoms with Crippen LogP contribution in [0.1, 0.15) is 29.8 Å². The number of anilines is 3. The maximum absolute atomic E-state index is 11.5. The maximum atomic E-state index is 11.5. The number of nitrogens with zero attached hydrogens (tertiary/aromatic N) is 4. The summed E-state index contributed by atoms with van der Waals surface area (Å²) in [6.07, 6.45) is 1.66. The lowest BCUT2D eigenvalue weighted by Crippen LogP contribution is -2.31. The number of carbonyl (C=O) groups is 1. The Bertz CT molecular complexity index is 914. The van der Waals surface area contributed by atoms with Crippen molar-refractivity contribution in [2.24, 2.45) is 0 Å². The van der Waals surface area contributed by atoms with Crippen molar-refractivity contribution in [2.75, 3.05) is 17.3 Å². The molecule has 0 aliphatic carbocycles. The Morgan fingerprint density at radius 2 is 1.82 bits per heavy atom. The average molecular weight is 377 g/mol. The van der Waals surface area contributed by atoms with Crippen LogP contribution in [-0.2, 0) is 11.3 Å². The van der Waals surface area contributed by atoms with Gasteiger partial charge in [-0.15, -0.1) is 5.10 Å². The third-order valence-electron chi connectivity index (χ3n) is 4.22. The number of rotatable bonds is 7. The molecule has 0 saturated heterocycles. The lowest BCUT2D eigenvalue weighted by molar-refractivity contribution is 0.0601. The van der Waals surface area contributed by atoms with Crippen molar-refractivity contribution in [1.29, 1.82) is 0 Å². The van der Waals surface area contributed by atoms with Crippen molar-refractivity contribution in [3.05, 3.63) is 71.9 Å². The van der Waals surface area contributed by atoms with E-state index in [0.717, 1.165) is 18.1 Å². The van der Waals surface area contributed by atoms with Crippen LogP contribution < -0.4 is 10.2 Å². The van der Waals surface area contributed by atoms with E-state index >= 15 is 0 Å². The first-order valence-electron chi connectivity index (χ1n) is 9.02. The van der Waals surface area contributed by atoms with E-state index in [1.807, 2.05) is 18.2 Å². The summed E-state index contributed by atoms with van der Waals surface area (Å²) in [5.41, 5.74) is 2.43. The van der Waals surface area contributed by atoms with Gasteiger partial charge in [0.1, 0.15) is 0 Å². The second-order valence-electron chi connectivity index (χ2n) is 6.54. The van der Waals surface area contributed by atoms with Gasteiger partial charge in [0.2, 0.25) is 5.95 Å². The molecule has 0 amide bonds. The zero-order chi connectivity index (χ0) is 19.9. The number of nitrogens with one attached hydrogen (secondary N) is 1. The van der Waals surface area contributed by atoms with Gasteiger partial charge in [-0.25, -0.2) is 4.79 Å². The largest absolute Gasteiger partial charge is 0.465 e. The van der Waals surface area contributed by atoms with Crippen LogP contribution >= 0.6 is 0 Å². The molecule has 144 valence electrons. The molecule has 0 fully saturated rings. The number of hydrogen-bond acceptors (Lipinski definition) is 7. The van der Waals surface area contributed by atoms with Crippen LogP contribution in [0.15, 0.2) is 60.8 Å². The standard InChI is InChI=1S/C21H23N5O2/c1-15(2)26(14-16-7-5-4-6-8-16)19-13-22-25-21(24-19)23-18-11-9-17(10-12-18)20(27)28-3/h4-13,15H,14H2,1-3H3,(H,23,24,25). The summed E-state index contributed by atoms with van der Waals surface area (Å²) in [6.45, 7) is 4.96. The molecule has 0 spiro atoms. The fraction of sp³-hybridized carbons (Fsp3) is 0.238. The van der Waals surface area contributed by atoms with E-state index in [-0.39, 0.29) is 12.0 Å². The molecule has 3 rings (SSSR count). The Hall–Kier alpha value is -3.48. The van der Waals surface area contributed by atoms with Gasteiger partial charge >= 0.3 is 5.97 Å². The van der Waals surface area contributed by atoms with E-state index in [9.17, 15) is 4.79 Å². The molecule has 0 unspecified atom stereocenters. The summed E-state index contributed by atoms with van der Waals surface area (Å²) >= 11 is 0. The molecule has 0 atom stereocenters. The number of aromatic nitrogens is 3. The summed E-state index contributed by atoms with van der Waals surface area (Å²) in [4.78, 5) is 18.3. The molecule has 0 bridgehead atoms. The Labute approximate surface area is 164 Å². The monoisotopic (exact) mass is 377 g/mol. The fourth-order valence-electron chi connectivity index (χ4n) is 2.73. The zero-order valence-electron chi connectivity index (χ0n) is 16.2. The van der Waals surface area contributed by atoms with E-state index in [1.165, 1.54) is 12.7 Å². The highest BCUT2D eigenvalue weighted by molar-refractivity contribution is 5.89. The van der Waals surface area contributed by atoms with Gasteiger partial charge in [0.25, 0.3) is 0 Å². The SMILES string of the molecule is COC(=O)c1ccc(Nc2nncc(N(Cc3ccccc3)C(C)C)n2)cc1. The maximum Gasteiger partial charge on any atom is 0.337 e. The highest BCUT2D eigenvalue weighted by Gasteiger charge is 2.14. The predicted molar refractivity (Wildman–Crippen MR) is 109 cm³/mol. The molecule has 7 nitrogen and oxygen atoms in total. The highest BCUT2D eigenvalue weighted by Crippen LogP contribution is 2.20. The molecule has 2 aromatic carbocycles. The van der Waals surface area contributed by atoms with Crippen molar-refractivity contribution in [3.8, 4) is 0 Å².